The van der Waals surface area contributed by atoms with E-state index in [9.17, 15) is 13.2 Å². The van der Waals surface area contributed by atoms with E-state index in [2.05, 4.69) is 15.6 Å². The molecule has 36 heavy (non-hydrogen) atoms. The molecule has 1 amide bonds. The Hall–Kier alpha value is -3.78. The van der Waals surface area contributed by atoms with Gasteiger partial charge in [-0.25, -0.2) is 8.42 Å². The van der Waals surface area contributed by atoms with Crippen molar-refractivity contribution in [2.75, 3.05) is 17.9 Å². The number of anilines is 1. The van der Waals surface area contributed by atoms with E-state index in [1.54, 1.807) is 22.8 Å². The first-order valence-corrected chi connectivity index (χ1v) is 13.4. The highest BCUT2D eigenvalue weighted by Crippen LogP contribution is 2.35. The number of sulfonamides is 1. The lowest BCUT2D eigenvalue weighted by Gasteiger charge is -2.18. The number of thiazole rings is 1. The second-order valence-corrected chi connectivity index (χ2v) is 10.8. The van der Waals surface area contributed by atoms with E-state index in [1.807, 2.05) is 12.1 Å². The second kappa shape index (κ2) is 9.70. The van der Waals surface area contributed by atoms with Gasteiger partial charge in [0.1, 0.15) is 13.2 Å². The van der Waals surface area contributed by atoms with Crippen LogP contribution in [-0.2, 0) is 16.6 Å². The Kier molecular flexibility index (Phi) is 6.45. The number of benzene rings is 3. The molecule has 0 atom stereocenters. The summed E-state index contributed by atoms with van der Waals surface area (Å²) in [6, 6.07) is 15.6. The van der Waals surface area contributed by atoms with Crippen LogP contribution in [0.5, 0.6) is 11.5 Å². The number of carbonyl (C=O) groups excluding carboxylic acids is 1. The standard InChI is InChI=1S/C25H18ClN3O5S2/c1-2-10-29-20-14-21-22(34-12-11-33-21)15-23(20)35-25(29)27-24(30)16-4-3-5-18(13-16)28-36(31,32)19-8-6-17(26)7-9-19/h1,3-9,13-15,28H,10-12H2. The molecule has 2 heterocycles. The van der Waals surface area contributed by atoms with Crippen LogP contribution in [0.3, 0.4) is 0 Å². The Labute approximate surface area is 215 Å². The summed E-state index contributed by atoms with van der Waals surface area (Å²) < 4.78 is 41.8. The molecule has 5 rings (SSSR count). The van der Waals surface area contributed by atoms with Crippen molar-refractivity contribution < 1.29 is 22.7 Å². The number of halogens is 1. The first kappa shape index (κ1) is 23.9. The first-order valence-electron chi connectivity index (χ1n) is 10.7. The number of rotatable bonds is 5. The maximum absolute atomic E-state index is 13.1. The minimum Gasteiger partial charge on any atom is -0.486 e. The van der Waals surface area contributed by atoms with Gasteiger partial charge in [0.15, 0.2) is 16.3 Å². The van der Waals surface area contributed by atoms with Crippen molar-refractivity contribution in [1.82, 2.24) is 4.57 Å². The molecular formula is C25H18ClN3O5S2. The van der Waals surface area contributed by atoms with E-state index in [0.29, 0.717) is 34.5 Å². The monoisotopic (exact) mass is 539 g/mol. The number of nitrogens with one attached hydrogen (secondary N) is 1. The van der Waals surface area contributed by atoms with Crippen LogP contribution in [0.25, 0.3) is 10.2 Å². The Bertz CT molecular complexity index is 1700. The number of aromatic nitrogens is 1. The molecule has 1 aliphatic rings. The van der Waals surface area contributed by atoms with Gasteiger partial charge in [-0.3, -0.25) is 9.52 Å². The average Bonchev–Trinajstić information content (AvgIpc) is 3.18. The number of terminal acetylenes is 1. The summed E-state index contributed by atoms with van der Waals surface area (Å²) in [7, 11) is -3.87. The van der Waals surface area contributed by atoms with Crippen molar-refractivity contribution in [3.8, 4) is 23.8 Å². The summed E-state index contributed by atoms with van der Waals surface area (Å²) in [6.07, 6.45) is 5.57. The van der Waals surface area contributed by atoms with Crippen LogP contribution in [0.15, 0.2) is 70.6 Å². The molecule has 0 saturated carbocycles. The number of nitrogens with zero attached hydrogens (tertiary/aromatic N) is 2. The number of hydrogen-bond acceptors (Lipinski definition) is 6. The van der Waals surface area contributed by atoms with E-state index in [0.717, 1.165) is 10.2 Å². The summed E-state index contributed by atoms with van der Waals surface area (Å²) in [4.78, 5) is 17.8. The van der Waals surface area contributed by atoms with Crippen molar-refractivity contribution in [3.05, 3.63) is 76.1 Å². The molecule has 0 bridgehead atoms. The molecule has 1 aliphatic heterocycles. The lowest BCUT2D eigenvalue weighted by molar-refractivity contribution is 0.0998. The molecule has 3 aromatic carbocycles. The van der Waals surface area contributed by atoms with Gasteiger partial charge in [-0.15, -0.1) is 6.42 Å². The van der Waals surface area contributed by atoms with E-state index in [1.165, 1.54) is 41.7 Å². The number of ether oxygens (including phenoxy) is 2. The van der Waals surface area contributed by atoms with Gasteiger partial charge in [0, 0.05) is 28.4 Å². The quantitative estimate of drug-likeness (QED) is 0.381. The molecule has 4 aromatic rings. The minimum absolute atomic E-state index is 0.0459. The first-order chi connectivity index (χ1) is 17.3. The molecule has 0 saturated heterocycles. The van der Waals surface area contributed by atoms with Crippen LogP contribution < -0.4 is 19.0 Å². The van der Waals surface area contributed by atoms with Crippen LogP contribution in [0, 0.1) is 12.3 Å². The van der Waals surface area contributed by atoms with E-state index in [4.69, 9.17) is 27.5 Å². The molecule has 0 spiro atoms. The summed E-state index contributed by atoms with van der Waals surface area (Å²) in [5, 5.41) is 0.423. The highest BCUT2D eigenvalue weighted by Gasteiger charge is 2.18. The van der Waals surface area contributed by atoms with Gasteiger partial charge in [-0.2, -0.15) is 4.99 Å². The lowest BCUT2D eigenvalue weighted by atomic mass is 10.2. The second-order valence-electron chi connectivity index (χ2n) is 7.70. The molecule has 1 aromatic heterocycles. The Morgan fingerprint density at radius 2 is 1.83 bits per heavy atom. The largest absolute Gasteiger partial charge is 0.486 e. The van der Waals surface area contributed by atoms with Crippen LogP contribution in [0.4, 0.5) is 5.69 Å². The third-order valence-electron chi connectivity index (χ3n) is 5.28. The molecule has 182 valence electrons. The smallest absolute Gasteiger partial charge is 0.279 e. The van der Waals surface area contributed by atoms with E-state index in [-0.39, 0.29) is 22.7 Å². The molecule has 0 unspecified atom stereocenters. The Balaban J connectivity index is 1.48. The van der Waals surface area contributed by atoms with Crippen molar-refractivity contribution in [1.29, 1.82) is 0 Å². The van der Waals surface area contributed by atoms with Crippen molar-refractivity contribution >= 4 is 54.8 Å². The summed E-state index contributed by atoms with van der Waals surface area (Å²) in [6.45, 7) is 1.11. The fraction of sp³-hybridized carbons (Fsp3) is 0.120. The highest BCUT2D eigenvalue weighted by atomic mass is 35.5. The topological polar surface area (TPSA) is 99.0 Å². The van der Waals surface area contributed by atoms with Gasteiger partial charge >= 0.3 is 0 Å². The highest BCUT2D eigenvalue weighted by molar-refractivity contribution is 7.92. The molecule has 0 aliphatic carbocycles. The van der Waals surface area contributed by atoms with Gasteiger partial charge in [-0.1, -0.05) is 34.9 Å². The SMILES string of the molecule is C#CCn1c(=NC(=O)c2cccc(NS(=O)(=O)c3ccc(Cl)cc3)c2)sc2cc3c(cc21)OCCO3. The molecule has 0 fully saturated rings. The predicted molar refractivity (Wildman–Crippen MR) is 138 cm³/mol. The zero-order valence-corrected chi connectivity index (χ0v) is 21.0. The molecule has 1 N–H and O–H groups in total. The predicted octanol–water partition coefficient (Wildman–Crippen LogP) is 4.30. The summed E-state index contributed by atoms with van der Waals surface area (Å²) >= 11 is 7.14. The Morgan fingerprint density at radius 3 is 2.56 bits per heavy atom. The molecule has 0 radical (unpaired) electrons. The number of fused-ring (bicyclic) bond motifs is 2. The summed E-state index contributed by atoms with van der Waals surface area (Å²) in [5.41, 5.74) is 1.21. The van der Waals surface area contributed by atoms with Crippen LogP contribution in [-0.4, -0.2) is 32.1 Å². The zero-order valence-electron chi connectivity index (χ0n) is 18.6. The van der Waals surface area contributed by atoms with Crippen LogP contribution >= 0.6 is 22.9 Å². The number of hydrogen-bond donors (Lipinski definition) is 1. The van der Waals surface area contributed by atoms with Crippen molar-refractivity contribution in [2.24, 2.45) is 4.99 Å². The van der Waals surface area contributed by atoms with Crippen LogP contribution in [0.2, 0.25) is 5.02 Å². The minimum atomic E-state index is -3.87. The zero-order chi connectivity index (χ0) is 25.3. The molecular weight excluding hydrogens is 522 g/mol. The lowest BCUT2D eigenvalue weighted by Crippen LogP contribution is -2.17. The van der Waals surface area contributed by atoms with Crippen LogP contribution in [0.1, 0.15) is 10.4 Å². The summed E-state index contributed by atoms with van der Waals surface area (Å²) in [5.74, 6) is 3.28. The number of carbonyl (C=O) groups is 1. The number of amides is 1. The van der Waals surface area contributed by atoms with Gasteiger partial charge in [-0.05, 0) is 42.5 Å². The third-order valence-corrected chi connectivity index (χ3v) is 7.97. The molecule has 8 nitrogen and oxygen atoms in total. The van der Waals surface area contributed by atoms with E-state index >= 15 is 0 Å². The fourth-order valence-corrected chi connectivity index (χ4v) is 5.84. The fourth-order valence-electron chi connectivity index (χ4n) is 3.63. The Morgan fingerprint density at radius 1 is 1.11 bits per heavy atom. The van der Waals surface area contributed by atoms with Crippen molar-refractivity contribution in [3.63, 3.8) is 0 Å². The molecule has 11 heteroatoms. The average molecular weight is 540 g/mol. The van der Waals surface area contributed by atoms with Gasteiger partial charge in [0.25, 0.3) is 15.9 Å². The normalized spacial score (nSPS) is 13.4. The maximum Gasteiger partial charge on any atom is 0.279 e. The van der Waals surface area contributed by atoms with Gasteiger partial charge in [0.2, 0.25) is 0 Å². The van der Waals surface area contributed by atoms with Gasteiger partial charge < -0.3 is 14.0 Å². The van der Waals surface area contributed by atoms with Gasteiger partial charge in [0.05, 0.1) is 21.7 Å². The van der Waals surface area contributed by atoms with E-state index < -0.39 is 15.9 Å². The maximum atomic E-state index is 13.1. The third kappa shape index (κ3) is 4.81. The van der Waals surface area contributed by atoms with Crippen molar-refractivity contribution in [2.45, 2.75) is 11.4 Å².